The first-order valence-electron chi connectivity index (χ1n) is 11.4. The van der Waals surface area contributed by atoms with Crippen molar-refractivity contribution in [3.63, 3.8) is 0 Å². The van der Waals surface area contributed by atoms with Crippen LogP contribution in [0.2, 0.25) is 0 Å². The minimum atomic E-state index is -0.894. The molecule has 9 nitrogen and oxygen atoms in total. The third-order valence-corrected chi connectivity index (χ3v) is 6.00. The van der Waals surface area contributed by atoms with E-state index in [0.29, 0.717) is 28.2 Å². The van der Waals surface area contributed by atoms with E-state index < -0.39 is 18.0 Å². The van der Waals surface area contributed by atoms with Gasteiger partial charge in [0.05, 0.1) is 29.6 Å². The van der Waals surface area contributed by atoms with Crippen molar-refractivity contribution in [3.05, 3.63) is 77.4 Å². The van der Waals surface area contributed by atoms with Crippen molar-refractivity contribution in [1.82, 2.24) is 4.90 Å². The fraction of sp³-hybridized carbons (Fsp3) is 0.222. The molecule has 186 valence electrons. The van der Waals surface area contributed by atoms with Crippen LogP contribution in [0.15, 0.2) is 60.7 Å². The second-order valence-corrected chi connectivity index (χ2v) is 8.18. The van der Waals surface area contributed by atoms with Gasteiger partial charge < -0.3 is 15.8 Å². The monoisotopic (exact) mass is 487 g/mol. The molecule has 0 fully saturated rings. The maximum absolute atomic E-state index is 13.4. The molecule has 0 aromatic heterocycles. The minimum absolute atomic E-state index is 0.173. The second kappa shape index (κ2) is 11.7. The highest BCUT2D eigenvalue weighted by atomic mass is 16.6. The molecule has 5 N–H and O–H groups in total. The predicted octanol–water partition coefficient (Wildman–Crippen LogP) is 4.56. The third-order valence-electron chi connectivity index (χ3n) is 6.00. The predicted molar refractivity (Wildman–Crippen MR) is 139 cm³/mol. The number of nitrogens with two attached hydrogens (primary N) is 1. The maximum Gasteiger partial charge on any atom is 0.410 e. The van der Waals surface area contributed by atoms with Crippen LogP contribution in [0.5, 0.6) is 0 Å². The summed E-state index contributed by atoms with van der Waals surface area (Å²) in [6.07, 6.45) is -0.448. The largest absolute Gasteiger partial charge is 0.450 e. The van der Waals surface area contributed by atoms with Gasteiger partial charge in [-0.15, -0.1) is 0 Å². The van der Waals surface area contributed by atoms with Crippen LogP contribution in [0.1, 0.15) is 23.6 Å². The van der Waals surface area contributed by atoms with Crippen molar-refractivity contribution >= 4 is 29.1 Å². The van der Waals surface area contributed by atoms with Gasteiger partial charge in [-0.3, -0.25) is 20.4 Å². The summed E-state index contributed by atoms with van der Waals surface area (Å²) in [6, 6.07) is 19.0. The molecule has 0 aliphatic carbocycles. The Bertz CT molecular complexity index is 1280. The van der Waals surface area contributed by atoms with Crippen molar-refractivity contribution in [2.75, 3.05) is 30.2 Å². The van der Waals surface area contributed by atoms with Gasteiger partial charge in [-0.05, 0) is 60.4 Å². The van der Waals surface area contributed by atoms with E-state index in [1.165, 1.54) is 11.9 Å². The van der Waals surface area contributed by atoms with E-state index in [4.69, 9.17) is 10.5 Å². The molecule has 2 amide bonds. The lowest BCUT2D eigenvalue weighted by atomic mass is 9.97. The molecule has 0 radical (unpaired) electrons. The van der Waals surface area contributed by atoms with Crippen molar-refractivity contribution in [1.29, 1.82) is 5.26 Å². The van der Waals surface area contributed by atoms with Crippen LogP contribution < -0.4 is 16.5 Å². The summed E-state index contributed by atoms with van der Waals surface area (Å²) in [5, 5.41) is 21.5. The number of benzene rings is 3. The molecule has 0 heterocycles. The summed E-state index contributed by atoms with van der Waals surface area (Å²) in [7, 11) is 1.51. The smallest absolute Gasteiger partial charge is 0.410 e. The first-order chi connectivity index (χ1) is 17.3. The van der Waals surface area contributed by atoms with E-state index in [2.05, 4.69) is 11.4 Å². The number of likely N-dealkylation sites (N-methyl/N-ethyl adjacent to an activating group) is 1. The second-order valence-electron chi connectivity index (χ2n) is 8.18. The number of carbonyl (C=O) groups excluding carboxylic acids is 2. The Morgan fingerprint density at radius 1 is 1.14 bits per heavy atom. The number of nitriles is 1. The van der Waals surface area contributed by atoms with Gasteiger partial charge in [0.2, 0.25) is 5.91 Å². The Hall–Kier alpha value is -4.55. The van der Waals surface area contributed by atoms with Crippen LogP contribution in [0.4, 0.5) is 21.9 Å². The average Bonchev–Trinajstić information content (AvgIpc) is 2.89. The Morgan fingerprint density at radius 2 is 1.83 bits per heavy atom. The minimum Gasteiger partial charge on any atom is -0.450 e. The molecule has 1 atom stereocenters. The average molecular weight is 488 g/mol. The number of hydrogen-bond acceptors (Lipinski definition) is 7. The molecular formula is C27H29N5O4. The number of anilines is 3. The Morgan fingerprint density at radius 3 is 2.47 bits per heavy atom. The lowest BCUT2D eigenvalue weighted by molar-refractivity contribution is -0.120. The van der Waals surface area contributed by atoms with Crippen molar-refractivity contribution in [3.8, 4) is 17.2 Å². The first kappa shape index (κ1) is 26.1. The van der Waals surface area contributed by atoms with Crippen LogP contribution in [-0.2, 0) is 16.0 Å². The molecule has 0 saturated heterocycles. The van der Waals surface area contributed by atoms with Crippen LogP contribution in [-0.4, -0.2) is 41.8 Å². The molecule has 9 heteroatoms. The highest BCUT2D eigenvalue weighted by Crippen LogP contribution is 2.28. The van der Waals surface area contributed by atoms with E-state index in [9.17, 15) is 20.1 Å². The zero-order valence-corrected chi connectivity index (χ0v) is 20.4. The quantitative estimate of drug-likeness (QED) is 0.270. The van der Waals surface area contributed by atoms with E-state index in [1.54, 1.807) is 50.2 Å². The number of rotatable bonds is 8. The number of nitrogen functional groups attached to an aromatic ring is 1. The normalized spacial score (nSPS) is 11.2. The summed E-state index contributed by atoms with van der Waals surface area (Å²) < 4.78 is 5.11. The van der Waals surface area contributed by atoms with E-state index >= 15 is 0 Å². The van der Waals surface area contributed by atoms with Gasteiger partial charge in [0.1, 0.15) is 6.04 Å². The molecule has 3 aromatic carbocycles. The van der Waals surface area contributed by atoms with Crippen molar-refractivity contribution in [2.45, 2.75) is 26.3 Å². The first-order valence-corrected chi connectivity index (χ1v) is 11.4. The summed E-state index contributed by atoms with van der Waals surface area (Å²) >= 11 is 0. The van der Waals surface area contributed by atoms with Gasteiger partial charge in [-0.25, -0.2) is 4.79 Å². The zero-order valence-electron chi connectivity index (χ0n) is 20.4. The molecule has 0 aliphatic heterocycles. The number of nitrogens with one attached hydrogen (secondary N) is 2. The Kier molecular flexibility index (Phi) is 8.49. The van der Waals surface area contributed by atoms with Crippen molar-refractivity contribution in [2.24, 2.45) is 0 Å². The van der Waals surface area contributed by atoms with Crippen molar-refractivity contribution < 1.29 is 19.5 Å². The van der Waals surface area contributed by atoms with Gasteiger partial charge >= 0.3 is 6.09 Å². The number of carbonyl (C=O) groups is 2. The standard InChI is InChI=1S/C27H29N5O4/c1-4-36-27(34)32(3)24(15-19-11-14-23(31-35)25(29)17(19)2)26(33)30-21-12-9-18(10-13-21)22-8-6-5-7-20(22)16-28/h5-14,24,31,35H,4,15,29H2,1-3H3,(H,30,33)/t24-/m0/s1. The van der Waals surface area contributed by atoms with Gasteiger partial charge in [-0.2, -0.15) is 5.26 Å². The fourth-order valence-electron chi connectivity index (χ4n) is 3.85. The third kappa shape index (κ3) is 5.74. The van der Waals surface area contributed by atoms with Gasteiger partial charge in [-0.1, -0.05) is 36.4 Å². The maximum atomic E-state index is 13.4. The molecule has 0 spiro atoms. The van der Waals surface area contributed by atoms with E-state index in [-0.39, 0.29) is 13.0 Å². The lowest BCUT2D eigenvalue weighted by Gasteiger charge is -2.27. The molecule has 36 heavy (non-hydrogen) atoms. The zero-order chi connectivity index (χ0) is 26.2. The highest BCUT2D eigenvalue weighted by Gasteiger charge is 2.29. The van der Waals surface area contributed by atoms with E-state index in [1.807, 2.05) is 29.7 Å². The lowest BCUT2D eigenvalue weighted by Crippen LogP contribution is -2.46. The Labute approximate surface area is 210 Å². The van der Waals surface area contributed by atoms with Crippen LogP contribution >= 0.6 is 0 Å². The fourth-order valence-corrected chi connectivity index (χ4v) is 3.85. The number of amides is 2. The molecule has 3 aromatic rings. The van der Waals surface area contributed by atoms with Crippen LogP contribution in [0.3, 0.4) is 0 Å². The summed E-state index contributed by atoms with van der Waals surface area (Å²) in [6.45, 7) is 3.65. The van der Waals surface area contributed by atoms with Gasteiger partial charge in [0, 0.05) is 19.2 Å². The van der Waals surface area contributed by atoms with Crippen LogP contribution in [0.25, 0.3) is 11.1 Å². The number of nitrogens with zero attached hydrogens (tertiary/aromatic N) is 2. The number of ether oxygens (including phenoxy) is 1. The molecule has 0 saturated carbocycles. The van der Waals surface area contributed by atoms with Crippen LogP contribution in [0, 0.1) is 18.3 Å². The van der Waals surface area contributed by atoms with E-state index in [0.717, 1.165) is 16.7 Å². The molecule has 3 rings (SSSR count). The summed E-state index contributed by atoms with van der Waals surface area (Å²) in [5.41, 5.74) is 13.0. The molecular weight excluding hydrogens is 458 g/mol. The SMILES string of the molecule is CCOC(=O)N(C)[C@@H](Cc1ccc(NO)c(N)c1C)C(=O)Nc1ccc(-c2ccccc2C#N)cc1. The highest BCUT2D eigenvalue weighted by molar-refractivity contribution is 5.97. The molecule has 0 bridgehead atoms. The Balaban J connectivity index is 1.86. The van der Waals surface area contributed by atoms with Gasteiger partial charge in [0.15, 0.2) is 0 Å². The topological polar surface area (TPSA) is 141 Å². The molecule has 0 aliphatic rings. The summed E-state index contributed by atoms with van der Waals surface area (Å²) in [5.74, 6) is -0.405. The molecule has 0 unspecified atom stereocenters. The number of hydrogen-bond donors (Lipinski definition) is 4. The van der Waals surface area contributed by atoms with Gasteiger partial charge in [0.25, 0.3) is 0 Å². The summed E-state index contributed by atoms with van der Waals surface area (Å²) in [4.78, 5) is 27.1.